The van der Waals surface area contributed by atoms with E-state index in [1.54, 1.807) is 0 Å². The Bertz CT molecular complexity index is 166. The minimum absolute atomic E-state index is 3.06. The highest BCUT2D eigenvalue weighted by atomic mass is 32.2. The Morgan fingerprint density at radius 3 is 2.20 bits per heavy atom. The van der Waals surface area contributed by atoms with E-state index in [2.05, 4.69) is 5.14 Å². The predicted octanol–water partition coefficient (Wildman–Crippen LogP) is -1.10. The van der Waals surface area contributed by atoms with Crippen LogP contribution in [-0.2, 0) is 10.0 Å². The lowest BCUT2D eigenvalue weighted by atomic mass is 12.0. The first-order valence-corrected chi connectivity index (χ1v) is 2.32. The van der Waals surface area contributed by atoms with Crippen molar-refractivity contribution < 1.29 is 12.5 Å². The molecule has 2 N–H and O–H groups in total. The first kappa shape index (κ1) is 1.57. The van der Waals surface area contributed by atoms with Crippen LogP contribution >= 0.6 is 0 Å². The van der Waals surface area contributed by atoms with Gasteiger partial charge in [0.15, 0.2) is 0 Å². The highest BCUT2D eigenvalue weighted by Gasteiger charge is 1.78. The molecule has 0 aromatic heterocycles. The van der Waals surface area contributed by atoms with Crippen LogP contribution in [0.1, 0.15) is 4.11 Å². The fraction of sp³-hybridized carbons (Fsp3) is 1.00. The maximum absolute atomic E-state index is 9.87. The van der Waals surface area contributed by atoms with E-state index >= 15 is 0 Å². The second-order valence-corrected chi connectivity index (χ2v) is 1.64. The SMILES string of the molecule is [2H]C([2H])([2H])S(N)(=O)=O. The van der Waals surface area contributed by atoms with Crippen LogP contribution in [0.25, 0.3) is 0 Å². The molecule has 0 saturated heterocycles. The summed E-state index contributed by atoms with van der Waals surface area (Å²) >= 11 is 0. The maximum Gasteiger partial charge on any atom is 0.206 e. The van der Waals surface area contributed by atoms with Crippen LogP contribution in [-0.4, -0.2) is 14.6 Å². The second kappa shape index (κ2) is 0.948. The third-order valence-electron chi connectivity index (χ3n) is 0. The van der Waals surface area contributed by atoms with Crippen molar-refractivity contribution in [3.63, 3.8) is 0 Å². The molecule has 0 unspecified atom stereocenters. The predicted molar refractivity (Wildman–Crippen MR) is 19.0 cm³/mol. The van der Waals surface area contributed by atoms with Crippen LogP contribution in [0, 0.1) is 0 Å². The van der Waals surface area contributed by atoms with Gasteiger partial charge in [-0.1, -0.05) is 0 Å². The molecule has 0 aromatic carbocycles. The van der Waals surface area contributed by atoms with Crippen molar-refractivity contribution in [3.8, 4) is 0 Å². The molecule has 3 nitrogen and oxygen atoms in total. The molecular weight excluding hydrogens is 90.1 g/mol. The monoisotopic (exact) mass is 98.0 g/mol. The summed E-state index contributed by atoms with van der Waals surface area (Å²) in [7, 11) is -4.34. The number of nitrogens with two attached hydrogens (primary N) is 1. The molecule has 0 fully saturated rings. The van der Waals surface area contributed by atoms with Crippen molar-refractivity contribution in [2.24, 2.45) is 5.14 Å². The van der Waals surface area contributed by atoms with E-state index in [1.165, 1.54) is 0 Å². The smallest absolute Gasteiger partial charge is 0.206 e. The van der Waals surface area contributed by atoms with Gasteiger partial charge in [0.25, 0.3) is 0 Å². The van der Waals surface area contributed by atoms with Gasteiger partial charge >= 0.3 is 0 Å². The van der Waals surface area contributed by atoms with Crippen molar-refractivity contribution in [1.82, 2.24) is 0 Å². The average Bonchev–Trinajstić information content (AvgIpc) is 1.25. The first-order valence-electron chi connectivity index (χ1n) is 2.27. The molecule has 0 radical (unpaired) electrons. The van der Waals surface area contributed by atoms with Gasteiger partial charge in [0, 0.05) is 4.11 Å². The summed E-state index contributed by atoms with van der Waals surface area (Å²) in [6.07, 6.45) is -3.06. The molecule has 0 atom stereocenters. The van der Waals surface area contributed by atoms with E-state index in [0.29, 0.717) is 0 Å². The standard InChI is InChI=1S/CH5NO2S/c1-5(2,3)4/h1H3,(H2,2,3,4)/i1D3. The zero-order valence-electron chi connectivity index (χ0n) is 5.30. The highest BCUT2D eigenvalue weighted by Crippen LogP contribution is 1.52. The van der Waals surface area contributed by atoms with Gasteiger partial charge in [-0.15, -0.1) is 0 Å². The number of hydrogen-bond acceptors (Lipinski definition) is 2. The summed E-state index contributed by atoms with van der Waals surface area (Å²) in [6, 6.07) is 0. The van der Waals surface area contributed by atoms with Crippen LogP contribution < -0.4 is 5.14 Å². The molecule has 0 rings (SSSR count). The summed E-state index contributed by atoms with van der Waals surface area (Å²) in [4.78, 5) is 0. The Hall–Kier alpha value is -0.0900. The Morgan fingerprint density at radius 2 is 2.20 bits per heavy atom. The zero-order valence-corrected chi connectivity index (χ0v) is 3.12. The van der Waals surface area contributed by atoms with Gasteiger partial charge in [0.2, 0.25) is 10.0 Å². The molecule has 0 saturated carbocycles. The number of primary sulfonamides is 1. The largest absolute Gasteiger partial charge is 0.229 e. The van der Waals surface area contributed by atoms with E-state index in [1.807, 2.05) is 0 Å². The fourth-order valence-corrected chi connectivity index (χ4v) is 0. The maximum atomic E-state index is 9.87. The van der Waals surface area contributed by atoms with Gasteiger partial charge in [0.05, 0.1) is 6.18 Å². The highest BCUT2D eigenvalue weighted by molar-refractivity contribution is 7.88. The summed E-state index contributed by atoms with van der Waals surface area (Å²) in [5.41, 5.74) is 0. The van der Waals surface area contributed by atoms with E-state index in [9.17, 15) is 8.42 Å². The van der Waals surface area contributed by atoms with E-state index in [0.717, 1.165) is 0 Å². The lowest BCUT2D eigenvalue weighted by molar-refractivity contribution is 0.603. The molecular formula is CH5NO2S. The van der Waals surface area contributed by atoms with Crippen LogP contribution in [0.4, 0.5) is 0 Å². The number of hydrogen-bond donors (Lipinski definition) is 1. The van der Waals surface area contributed by atoms with E-state index < -0.39 is 16.2 Å². The molecule has 5 heavy (non-hydrogen) atoms. The average molecular weight is 98.1 g/mol. The Morgan fingerprint density at radius 1 is 2.00 bits per heavy atom. The van der Waals surface area contributed by atoms with Gasteiger partial charge in [-0.2, -0.15) is 0 Å². The van der Waals surface area contributed by atoms with Gasteiger partial charge in [-0.05, 0) is 0 Å². The van der Waals surface area contributed by atoms with Crippen molar-refractivity contribution in [1.29, 1.82) is 0 Å². The van der Waals surface area contributed by atoms with E-state index in [-0.39, 0.29) is 0 Å². The summed E-state index contributed by atoms with van der Waals surface area (Å²) in [5, 5.41) is 4.22. The van der Waals surface area contributed by atoms with Gasteiger partial charge in [-0.25, -0.2) is 13.6 Å². The summed E-state index contributed by atoms with van der Waals surface area (Å²) < 4.78 is 38.3. The third-order valence-corrected chi connectivity index (χ3v) is 0. The molecule has 4 heteroatoms. The molecule has 0 aliphatic rings. The molecule has 0 aromatic rings. The summed E-state index contributed by atoms with van der Waals surface area (Å²) in [6.45, 7) is 0. The van der Waals surface area contributed by atoms with Gasteiger partial charge in [0.1, 0.15) is 0 Å². The van der Waals surface area contributed by atoms with Crippen LogP contribution in [0.5, 0.6) is 0 Å². The van der Waals surface area contributed by atoms with Crippen LogP contribution in [0.15, 0.2) is 0 Å². The van der Waals surface area contributed by atoms with Crippen molar-refractivity contribution in [2.45, 2.75) is 0 Å². The molecule has 0 heterocycles. The molecule has 32 valence electrons. The fourth-order valence-electron chi connectivity index (χ4n) is 0. The number of rotatable bonds is 0. The van der Waals surface area contributed by atoms with Crippen molar-refractivity contribution in [3.05, 3.63) is 0 Å². The van der Waals surface area contributed by atoms with Crippen molar-refractivity contribution >= 4 is 10.0 Å². The summed E-state index contributed by atoms with van der Waals surface area (Å²) in [5.74, 6) is 0. The lowest BCUT2D eigenvalue weighted by Gasteiger charge is -1.71. The van der Waals surface area contributed by atoms with Crippen LogP contribution in [0.3, 0.4) is 0 Å². The molecule has 0 aliphatic carbocycles. The Balaban J connectivity index is 4.53. The van der Waals surface area contributed by atoms with E-state index in [4.69, 9.17) is 4.11 Å². The molecule has 0 bridgehead atoms. The Labute approximate surface area is 35.1 Å². The minimum atomic E-state index is -4.34. The molecule has 0 spiro atoms. The Kier molecular flexibility index (Phi) is 0.298. The number of sulfonamides is 1. The van der Waals surface area contributed by atoms with Gasteiger partial charge < -0.3 is 0 Å². The topological polar surface area (TPSA) is 60.2 Å². The lowest BCUT2D eigenvalue weighted by Crippen LogP contribution is -2.07. The normalized spacial score (nSPS) is 23.0. The third kappa shape index (κ3) is 1760. The van der Waals surface area contributed by atoms with Crippen LogP contribution in [0.2, 0.25) is 0 Å². The zero-order chi connectivity index (χ0) is 7.00. The quantitative estimate of drug-likeness (QED) is 0.418. The molecule has 0 aliphatic heterocycles. The first-order chi connectivity index (χ1) is 3.25. The molecule has 0 amide bonds. The van der Waals surface area contributed by atoms with Crippen molar-refractivity contribution in [2.75, 3.05) is 6.18 Å². The van der Waals surface area contributed by atoms with Gasteiger partial charge in [-0.3, -0.25) is 0 Å². The second-order valence-electron chi connectivity index (χ2n) is 0.545. The minimum Gasteiger partial charge on any atom is -0.229 e.